The molecule has 1 N–H and O–H groups in total. The number of benzene rings is 1. The van der Waals surface area contributed by atoms with Gasteiger partial charge in [0.25, 0.3) is 0 Å². The van der Waals surface area contributed by atoms with Gasteiger partial charge in [0, 0.05) is 6.54 Å². The van der Waals surface area contributed by atoms with Gasteiger partial charge in [-0.05, 0) is 31.0 Å². The molecular weight excluding hydrogens is 182 g/mol. The van der Waals surface area contributed by atoms with E-state index >= 15 is 0 Å². The maximum atomic E-state index is 3.50. The fourth-order valence-electron chi connectivity index (χ4n) is 1.71. The second-order valence-electron chi connectivity index (χ2n) is 4.16. The van der Waals surface area contributed by atoms with Crippen molar-refractivity contribution in [1.29, 1.82) is 0 Å². The molecule has 1 rings (SSSR count). The zero-order valence-electron chi connectivity index (χ0n) is 10.1. The maximum Gasteiger partial charge on any atom is 0.0208 e. The van der Waals surface area contributed by atoms with E-state index in [0.29, 0.717) is 0 Å². The third-order valence-corrected chi connectivity index (χ3v) is 2.78. The average molecular weight is 205 g/mol. The molecule has 0 atom stereocenters. The van der Waals surface area contributed by atoms with Crippen LogP contribution in [0.5, 0.6) is 0 Å². The lowest BCUT2D eigenvalue weighted by molar-refractivity contribution is 0.597. The van der Waals surface area contributed by atoms with Crippen LogP contribution in [0.2, 0.25) is 0 Å². The second-order valence-corrected chi connectivity index (χ2v) is 4.16. The topological polar surface area (TPSA) is 12.0 Å². The SMILES string of the molecule is CCCCCCNCc1ccccc1C. The summed E-state index contributed by atoms with van der Waals surface area (Å²) >= 11 is 0. The fourth-order valence-corrected chi connectivity index (χ4v) is 1.71. The number of aryl methyl sites for hydroxylation is 1. The third kappa shape index (κ3) is 4.98. The Labute approximate surface area is 93.9 Å². The van der Waals surface area contributed by atoms with Crippen LogP contribution in [0.25, 0.3) is 0 Å². The summed E-state index contributed by atoms with van der Waals surface area (Å²) in [7, 11) is 0. The highest BCUT2D eigenvalue weighted by molar-refractivity contribution is 5.25. The molecule has 0 aliphatic rings. The van der Waals surface area contributed by atoms with E-state index in [9.17, 15) is 0 Å². The number of hydrogen-bond donors (Lipinski definition) is 1. The standard InChI is InChI=1S/C14H23N/c1-3-4-5-8-11-15-12-14-10-7-6-9-13(14)2/h6-7,9-10,15H,3-5,8,11-12H2,1-2H3. The first-order chi connectivity index (χ1) is 7.34. The minimum atomic E-state index is 1.01. The van der Waals surface area contributed by atoms with E-state index in [2.05, 4.69) is 43.4 Å². The molecule has 1 nitrogen and oxygen atoms in total. The number of nitrogens with one attached hydrogen (secondary N) is 1. The second kappa shape index (κ2) is 7.47. The van der Waals surface area contributed by atoms with E-state index in [1.165, 1.54) is 36.8 Å². The molecule has 0 heterocycles. The summed E-state index contributed by atoms with van der Waals surface area (Å²) < 4.78 is 0. The Kier molecular flexibility index (Phi) is 6.10. The zero-order valence-corrected chi connectivity index (χ0v) is 10.1. The lowest BCUT2D eigenvalue weighted by Gasteiger charge is -2.07. The van der Waals surface area contributed by atoms with Crippen molar-refractivity contribution < 1.29 is 0 Å². The highest BCUT2D eigenvalue weighted by Crippen LogP contribution is 2.06. The summed E-state index contributed by atoms with van der Waals surface area (Å²) in [5.74, 6) is 0. The predicted octanol–water partition coefficient (Wildman–Crippen LogP) is 3.66. The van der Waals surface area contributed by atoms with Crippen molar-refractivity contribution in [1.82, 2.24) is 5.32 Å². The first-order valence-electron chi connectivity index (χ1n) is 6.10. The van der Waals surface area contributed by atoms with Gasteiger partial charge in [0.2, 0.25) is 0 Å². The summed E-state index contributed by atoms with van der Waals surface area (Å²) in [6, 6.07) is 8.59. The van der Waals surface area contributed by atoms with Crippen LogP contribution in [0, 0.1) is 6.92 Å². The van der Waals surface area contributed by atoms with Gasteiger partial charge in [-0.25, -0.2) is 0 Å². The minimum Gasteiger partial charge on any atom is -0.313 e. The molecule has 0 saturated heterocycles. The van der Waals surface area contributed by atoms with E-state index in [-0.39, 0.29) is 0 Å². The van der Waals surface area contributed by atoms with Crippen molar-refractivity contribution >= 4 is 0 Å². The minimum absolute atomic E-state index is 1.01. The molecule has 0 fully saturated rings. The number of rotatable bonds is 7. The van der Waals surface area contributed by atoms with Crippen LogP contribution in [-0.2, 0) is 6.54 Å². The van der Waals surface area contributed by atoms with Gasteiger partial charge in [-0.15, -0.1) is 0 Å². The molecule has 1 aromatic rings. The Morgan fingerprint density at radius 1 is 1.07 bits per heavy atom. The Morgan fingerprint density at radius 3 is 2.60 bits per heavy atom. The summed E-state index contributed by atoms with van der Waals surface area (Å²) in [4.78, 5) is 0. The van der Waals surface area contributed by atoms with Crippen molar-refractivity contribution in [3.63, 3.8) is 0 Å². The third-order valence-electron chi connectivity index (χ3n) is 2.78. The van der Waals surface area contributed by atoms with Crippen LogP contribution in [-0.4, -0.2) is 6.54 Å². The van der Waals surface area contributed by atoms with Crippen molar-refractivity contribution in [2.75, 3.05) is 6.54 Å². The normalized spacial score (nSPS) is 10.5. The highest BCUT2D eigenvalue weighted by Gasteiger charge is 1.95. The molecule has 1 aromatic carbocycles. The van der Waals surface area contributed by atoms with Gasteiger partial charge in [-0.2, -0.15) is 0 Å². The van der Waals surface area contributed by atoms with Gasteiger partial charge in [0.1, 0.15) is 0 Å². The first kappa shape index (κ1) is 12.3. The van der Waals surface area contributed by atoms with Crippen LogP contribution in [0.3, 0.4) is 0 Å². The summed E-state index contributed by atoms with van der Waals surface area (Å²) in [6.07, 6.45) is 5.35. The van der Waals surface area contributed by atoms with Gasteiger partial charge in [0.15, 0.2) is 0 Å². The van der Waals surface area contributed by atoms with E-state index in [4.69, 9.17) is 0 Å². The quantitative estimate of drug-likeness (QED) is 0.670. The summed E-state index contributed by atoms with van der Waals surface area (Å²) in [5.41, 5.74) is 2.81. The lowest BCUT2D eigenvalue weighted by atomic mass is 10.1. The van der Waals surface area contributed by atoms with Gasteiger partial charge >= 0.3 is 0 Å². The maximum absolute atomic E-state index is 3.50. The van der Waals surface area contributed by atoms with Crippen molar-refractivity contribution in [2.45, 2.75) is 46.1 Å². The highest BCUT2D eigenvalue weighted by atomic mass is 14.8. The molecule has 0 aliphatic carbocycles. The van der Waals surface area contributed by atoms with Gasteiger partial charge in [0.05, 0.1) is 0 Å². The van der Waals surface area contributed by atoms with Gasteiger partial charge in [-0.3, -0.25) is 0 Å². The monoisotopic (exact) mass is 205 g/mol. The smallest absolute Gasteiger partial charge is 0.0208 e. The molecule has 15 heavy (non-hydrogen) atoms. The largest absolute Gasteiger partial charge is 0.313 e. The Bertz CT molecular complexity index is 268. The van der Waals surface area contributed by atoms with E-state index in [1.807, 2.05) is 0 Å². The Balaban J connectivity index is 2.12. The zero-order chi connectivity index (χ0) is 10.9. The van der Waals surface area contributed by atoms with Crippen molar-refractivity contribution in [3.8, 4) is 0 Å². The van der Waals surface area contributed by atoms with Crippen molar-refractivity contribution in [3.05, 3.63) is 35.4 Å². The molecule has 0 saturated carbocycles. The molecule has 0 spiro atoms. The van der Waals surface area contributed by atoms with Crippen LogP contribution < -0.4 is 5.32 Å². The molecular formula is C14H23N. The molecule has 0 amide bonds. The fraction of sp³-hybridized carbons (Fsp3) is 0.571. The summed E-state index contributed by atoms with van der Waals surface area (Å²) in [5, 5.41) is 3.50. The van der Waals surface area contributed by atoms with Crippen LogP contribution in [0.15, 0.2) is 24.3 Å². The Hall–Kier alpha value is -0.820. The number of unbranched alkanes of at least 4 members (excludes halogenated alkanes) is 3. The molecule has 0 aromatic heterocycles. The van der Waals surface area contributed by atoms with Gasteiger partial charge in [-0.1, -0.05) is 50.5 Å². The number of hydrogen-bond acceptors (Lipinski definition) is 1. The molecule has 0 bridgehead atoms. The molecule has 84 valence electrons. The molecule has 0 aliphatic heterocycles. The van der Waals surface area contributed by atoms with E-state index in [0.717, 1.165) is 13.1 Å². The lowest BCUT2D eigenvalue weighted by Crippen LogP contribution is -2.15. The molecule has 0 radical (unpaired) electrons. The van der Waals surface area contributed by atoms with Crippen LogP contribution in [0.4, 0.5) is 0 Å². The predicted molar refractivity (Wildman–Crippen MR) is 67.0 cm³/mol. The van der Waals surface area contributed by atoms with Crippen LogP contribution in [0.1, 0.15) is 43.7 Å². The van der Waals surface area contributed by atoms with Gasteiger partial charge < -0.3 is 5.32 Å². The molecule has 0 unspecified atom stereocenters. The van der Waals surface area contributed by atoms with E-state index < -0.39 is 0 Å². The molecule has 1 heteroatoms. The average Bonchev–Trinajstić information content (AvgIpc) is 2.25. The van der Waals surface area contributed by atoms with Crippen molar-refractivity contribution in [2.24, 2.45) is 0 Å². The summed E-state index contributed by atoms with van der Waals surface area (Å²) in [6.45, 7) is 6.59. The van der Waals surface area contributed by atoms with Crippen LogP contribution >= 0.6 is 0 Å². The first-order valence-corrected chi connectivity index (χ1v) is 6.10. The Morgan fingerprint density at radius 2 is 1.87 bits per heavy atom. The van der Waals surface area contributed by atoms with E-state index in [1.54, 1.807) is 0 Å².